The molecule has 0 aromatic carbocycles. The Balaban J connectivity index is 2.63. The molecule has 1 heterocycles. The van der Waals surface area contributed by atoms with Gasteiger partial charge in [-0.25, -0.2) is 0 Å². The van der Waals surface area contributed by atoms with Crippen LogP contribution in [0.3, 0.4) is 0 Å². The van der Waals surface area contributed by atoms with E-state index < -0.39 is 0 Å². The van der Waals surface area contributed by atoms with E-state index >= 15 is 0 Å². The van der Waals surface area contributed by atoms with Gasteiger partial charge in [-0.1, -0.05) is 19.8 Å². The smallest absolute Gasteiger partial charge is 0.177 e. The number of thiophene rings is 1. The van der Waals surface area contributed by atoms with Crippen molar-refractivity contribution in [3.05, 3.63) is 21.4 Å². The van der Waals surface area contributed by atoms with Crippen LogP contribution in [0.25, 0.3) is 0 Å². The van der Waals surface area contributed by atoms with Gasteiger partial charge in [-0.05, 0) is 46.7 Å². The van der Waals surface area contributed by atoms with Gasteiger partial charge in [0.15, 0.2) is 5.78 Å². The van der Waals surface area contributed by atoms with Gasteiger partial charge in [-0.15, -0.1) is 11.3 Å². The van der Waals surface area contributed by atoms with Crippen LogP contribution in [0, 0.1) is 13.8 Å². The number of hydrogen-bond donors (Lipinski definition) is 0. The van der Waals surface area contributed by atoms with Gasteiger partial charge in [-0.2, -0.15) is 0 Å². The molecule has 0 unspecified atom stereocenters. The van der Waals surface area contributed by atoms with E-state index in [2.05, 4.69) is 32.6 Å². The van der Waals surface area contributed by atoms with Crippen LogP contribution >= 0.6 is 11.3 Å². The second-order valence-corrected chi connectivity index (χ2v) is 6.98. The summed E-state index contributed by atoms with van der Waals surface area (Å²) >= 11 is 1.72. The van der Waals surface area contributed by atoms with Gasteiger partial charge in [0.05, 0.1) is 6.54 Å². The van der Waals surface area contributed by atoms with Gasteiger partial charge in [0.25, 0.3) is 0 Å². The van der Waals surface area contributed by atoms with Crippen LogP contribution in [0.5, 0.6) is 0 Å². The first-order valence-electron chi connectivity index (χ1n) is 7.30. The van der Waals surface area contributed by atoms with Crippen LogP contribution in [0.15, 0.2) is 6.07 Å². The molecule has 0 saturated carbocycles. The summed E-state index contributed by atoms with van der Waals surface area (Å²) in [5.74, 6) is 0.270. The van der Waals surface area contributed by atoms with E-state index in [-0.39, 0.29) is 5.78 Å². The summed E-state index contributed by atoms with van der Waals surface area (Å²) in [6.07, 6.45) is 3.65. The molecule has 0 amide bonds. The summed E-state index contributed by atoms with van der Waals surface area (Å²) in [4.78, 5) is 17.1. The molecule has 108 valence electrons. The highest BCUT2D eigenvalue weighted by atomic mass is 32.1. The first-order chi connectivity index (χ1) is 8.95. The van der Waals surface area contributed by atoms with Gasteiger partial charge >= 0.3 is 0 Å². The van der Waals surface area contributed by atoms with E-state index in [1.165, 1.54) is 24.1 Å². The minimum Gasteiger partial charge on any atom is -0.293 e. The molecule has 0 aliphatic heterocycles. The molecular formula is C16H27NOS. The number of unbranched alkanes of at least 4 members (excludes halogenated alkanes) is 2. The van der Waals surface area contributed by atoms with Gasteiger partial charge < -0.3 is 0 Å². The molecule has 2 nitrogen and oxygen atoms in total. The molecule has 19 heavy (non-hydrogen) atoms. The molecule has 0 aliphatic rings. The maximum Gasteiger partial charge on any atom is 0.177 e. The van der Waals surface area contributed by atoms with Crippen LogP contribution in [-0.4, -0.2) is 29.8 Å². The maximum atomic E-state index is 12.4. The summed E-state index contributed by atoms with van der Waals surface area (Å²) in [5, 5.41) is 0. The number of aryl methyl sites for hydroxylation is 2. The average molecular weight is 281 g/mol. The van der Waals surface area contributed by atoms with Crippen LogP contribution in [0.1, 0.15) is 60.1 Å². The van der Waals surface area contributed by atoms with E-state index in [4.69, 9.17) is 0 Å². The molecule has 0 saturated heterocycles. The molecule has 1 aromatic heterocycles. The molecular weight excluding hydrogens is 254 g/mol. The molecule has 0 N–H and O–H groups in total. The normalized spacial score (nSPS) is 11.5. The van der Waals surface area contributed by atoms with Crippen molar-refractivity contribution in [2.45, 2.75) is 59.9 Å². The summed E-state index contributed by atoms with van der Waals surface area (Å²) in [7, 11) is 0. The lowest BCUT2D eigenvalue weighted by Crippen LogP contribution is -2.36. The number of nitrogens with zero attached hydrogens (tertiary/aromatic N) is 1. The number of rotatable bonds is 8. The topological polar surface area (TPSA) is 20.3 Å². The van der Waals surface area contributed by atoms with E-state index in [0.29, 0.717) is 12.6 Å². The Hall–Kier alpha value is -0.670. The SMILES string of the molecule is CCCCCN(CC(=O)c1cc(C)sc1C)C(C)C. The number of ketones is 1. The number of hydrogen-bond acceptors (Lipinski definition) is 3. The Bertz CT molecular complexity index is 409. The highest BCUT2D eigenvalue weighted by Gasteiger charge is 2.17. The lowest BCUT2D eigenvalue weighted by Gasteiger charge is -2.25. The third kappa shape index (κ3) is 5.07. The Kier molecular flexibility index (Phi) is 6.73. The van der Waals surface area contributed by atoms with Crippen molar-refractivity contribution in [2.24, 2.45) is 0 Å². The van der Waals surface area contributed by atoms with E-state index in [1.807, 2.05) is 13.0 Å². The van der Waals surface area contributed by atoms with Gasteiger partial charge in [0.2, 0.25) is 0 Å². The molecule has 0 spiro atoms. The third-order valence-electron chi connectivity index (χ3n) is 3.47. The van der Waals surface area contributed by atoms with E-state index in [9.17, 15) is 4.79 Å². The predicted molar refractivity (Wildman–Crippen MR) is 84.4 cm³/mol. The van der Waals surface area contributed by atoms with Crippen LogP contribution < -0.4 is 0 Å². The zero-order valence-electron chi connectivity index (χ0n) is 13.0. The van der Waals surface area contributed by atoms with Crippen molar-refractivity contribution in [1.82, 2.24) is 4.90 Å². The Labute approximate surface area is 121 Å². The monoisotopic (exact) mass is 281 g/mol. The predicted octanol–water partition coefficient (Wildman–Crippen LogP) is 4.45. The number of carbonyl (C=O) groups excluding carboxylic acids is 1. The molecule has 3 heteroatoms. The summed E-state index contributed by atoms with van der Waals surface area (Å²) in [6, 6.07) is 2.47. The first kappa shape index (κ1) is 16.4. The van der Waals surface area contributed by atoms with Crippen molar-refractivity contribution in [2.75, 3.05) is 13.1 Å². The fourth-order valence-electron chi connectivity index (χ4n) is 2.26. The molecule has 0 bridgehead atoms. The second-order valence-electron chi connectivity index (χ2n) is 5.52. The lowest BCUT2D eigenvalue weighted by molar-refractivity contribution is 0.0903. The van der Waals surface area contributed by atoms with E-state index in [0.717, 1.165) is 17.0 Å². The minimum absolute atomic E-state index is 0.270. The molecule has 0 radical (unpaired) electrons. The quantitative estimate of drug-likeness (QED) is 0.518. The zero-order chi connectivity index (χ0) is 14.4. The van der Waals surface area contributed by atoms with Crippen molar-refractivity contribution in [3.8, 4) is 0 Å². The van der Waals surface area contributed by atoms with Crippen molar-refractivity contribution < 1.29 is 4.79 Å². The standard InChI is InChI=1S/C16H27NOS/c1-6-7-8-9-17(12(2)3)11-16(18)15-10-13(4)19-14(15)5/h10,12H,6-9,11H2,1-5H3. The molecule has 0 fully saturated rings. The maximum absolute atomic E-state index is 12.4. The Morgan fingerprint density at radius 1 is 1.32 bits per heavy atom. The highest BCUT2D eigenvalue weighted by molar-refractivity contribution is 7.12. The summed E-state index contributed by atoms with van der Waals surface area (Å²) in [6.45, 7) is 12.2. The zero-order valence-corrected chi connectivity index (χ0v) is 13.8. The van der Waals surface area contributed by atoms with Crippen LogP contribution in [0.4, 0.5) is 0 Å². The van der Waals surface area contributed by atoms with E-state index in [1.54, 1.807) is 11.3 Å². The number of carbonyl (C=O) groups is 1. The summed E-state index contributed by atoms with van der Waals surface area (Å²) in [5.41, 5.74) is 0.920. The first-order valence-corrected chi connectivity index (χ1v) is 8.11. The van der Waals surface area contributed by atoms with Crippen LogP contribution in [0.2, 0.25) is 0 Å². The van der Waals surface area contributed by atoms with Gasteiger partial charge in [0, 0.05) is 21.4 Å². The Morgan fingerprint density at radius 2 is 2.00 bits per heavy atom. The molecule has 1 aromatic rings. The third-order valence-corrected chi connectivity index (χ3v) is 4.43. The fraction of sp³-hybridized carbons (Fsp3) is 0.688. The fourth-order valence-corrected chi connectivity index (χ4v) is 3.20. The summed E-state index contributed by atoms with van der Waals surface area (Å²) < 4.78 is 0. The Morgan fingerprint density at radius 3 is 2.47 bits per heavy atom. The molecule has 0 aliphatic carbocycles. The highest BCUT2D eigenvalue weighted by Crippen LogP contribution is 2.21. The van der Waals surface area contributed by atoms with Crippen molar-refractivity contribution >= 4 is 17.1 Å². The lowest BCUT2D eigenvalue weighted by atomic mass is 10.1. The number of Topliss-reactive ketones (excluding diaryl/α,β-unsaturated/α-hetero) is 1. The van der Waals surface area contributed by atoms with Gasteiger partial charge in [0.1, 0.15) is 0 Å². The largest absolute Gasteiger partial charge is 0.293 e. The van der Waals surface area contributed by atoms with Crippen LogP contribution in [-0.2, 0) is 0 Å². The van der Waals surface area contributed by atoms with Crippen molar-refractivity contribution in [1.29, 1.82) is 0 Å². The second kappa shape index (κ2) is 7.81. The van der Waals surface area contributed by atoms with Gasteiger partial charge in [-0.3, -0.25) is 9.69 Å². The average Bonchev–Trinajstić information content (AvgIpc) is 2.67. The minimum atomic E-state index is 0.270. The molecule has 0 atom stereocenters. The molecule has 1 rings (SSSR count). The van der Waals surface area contributed by atoms with Crippen molar-refractivity contribution in [3.63, 3.8) is 0 Å².